The minimum Gasteiger partial charge on any atom is -0.399 e. The maximum absolute atomic E-state index is 13.5. The third-order valence-electron chi connectivity index (χ3n) is 2.41. The Morgan fingerprint density at radius 3 is 2.58 bits per heavy atom. The molecule has 6 heteroatoms. The standard InChI is InChI=1S/C13H9BrF2N2O/c14-9-5-11(16)12(6-10(9)15)18-13(19)7-2-1-3-8(17)4-7/h1-6H,17H2,(H,18,19). The van der Waals surface area contributed by atoms with Gasteiger partial charge >= 0.3 is 0 Å². The fourth-order valence-electron chi connectivity index (χ4n) is 1.49. The summed E-state index contributed by atoms with van der Waals surface area (Å²) in [5.74, 6) is -1.96. The number of nitrogen functional groups attached to an aromatic ring is 1. The molecule has 0 saturated carbocycles. The summed E-state index contributed by atoms with van der Waals surface area (Å²) in [5.41, 5.74) is 5.99. The lowest BCUT2D eigenvalue weighted by Crippen LogP contribution is -2.13. The molecular formula is C13H9BrF2N2O. The van der Waals surface area contributed by atoms with E-state index >= 15 is 0 Å². The zero-order chi connectivity index (χ0) is 14.0. The molecule has 98 valence electrons. The number of carbonyl (C=O) groups is 1. The number of anilines is 2. The van der Waals surface area contributed by atoms with Gasteiger partial charge in [0.2, 0.25) is 0 Å². The van der Waals surface area contributed by atoms with Crippen molar-refractivity contribution in [3.8, 4) is 0 Å². The lowest BCUT2D eigenvalue weighted by molar-refractivity contribution is 0.102. The van der Waals surface area contributed by atoms with E-state index in [9.17, 15) is 13.6 Å². The average Bonchev–Trinajstić information content (AvgIpc) is 2.36. The molecule has 0 spiro atoms. The van der Waals surface area contributed by atoms with E-state index in [4.69, 9.17) is 5.73 Å². The molecule has 2 rings (SSSR count). The number of hydrogen-bond donors (Lipinski definition) is 2. The Balaban J connectivity index is 2.27. The molecule has 0 aromatic heterocycles. The van der Waals surface area contributed by atoms with Crippen molar-refractivity contribution in [1.29, 1.82) is 0 Å². The summed E-state index contributed by atoms with van der Waals surface area (Å²) in [7, 11) is 0. The van der Waals surface area contributed by atoms with Crippen LogP contribution in [0, 0.1) is 11.6 Å². The number of rotatable bonds is 2. The van der Waals surface area contributed by atoms with Gasteiger partial charge in [-0.25, -0.2) is 8.78 Å². The second-order valence-electron chi connectivity index (χ2n) is 3.83. The Kier molecular flexibility index (Phi) is 3.80. The molecule has 0 aliphatic rings. The highest BCUT2D eigenvalue weighted by Gasteiger charge is 2.12. The van der Waals surface area contributed by atoms with Crippen LogP contribution in [0.3, 0.4) is 0 Å². The molecule has 0 heterocycles. The van der Waals surface area contributed by atoms with E-state index in [0.717, 1.165) is 12.1 Å². The maximum Gasteiger partial charge on any atom is 0.255 e. The fourth-order valence-corrected chi connectivity index (χ4v) is 1.81. The molecule has 19 heavy (non-hydrogen) atoms. The van der Waals surface area contributed by atoms with Crippen LogP contribution < -0.4 is 11.1 Å². The first kappa shape index (κ1) is 13.5. The number of nitrogens with one attached hydrogen (secondary N) is 1. The molecule has 1 amide bonds. The van der Waals surface area contributed by atoms with Gasteiger partial charge in [0.15, 0.2) is 0 Å². The first-order valence-corrected chi connectivity index (χ1v) is 6.08. The van der Waals surface area contributed by atoms with Crippen molar-refractivity contribution in [2.45, 2.75) is 0 Å². The van der Waals surface area contributed by atoms with E-state index in [1.165, 1.54) is 12.1 Å². The highest BCUT2D eigenvalue weighted by Crippen LogP contribution is 2.23. The minimum atomic E-state index is -0.731. The monoisotopic (exact) mass is 326 g/mol. The van der Waals surface area contributed by atoms with Gasteiger partial charge in [0.05, 0.1) is 10.2 Å². The molecule has 0 aliphatic carbocycles. The van der Waals surface area contributed by atoms with Gasteiger partial charge in [-0.05, 0) is 40.2 Å². The van der Waals surface area contributed by atoms with E-state index in [2.05, 4.69) is 21.2 Å². The van der Waals surface area contributed by atoms with Crippen molar-refractivity contribution >= 4 is 33.2 Å². The zero-order valence-corrected chi connectivity index (χ0v) is 11.2. The van der Waals surface area contributed by atoms with Crippen LogP contribution >= 0.6 is 15.9 Å². The Morgan fingerprint density at radius 2 is 1.89 bits per heavy atom. The van der Waals surface area contributed by atoms with Gasteiger partial charge < -0.3 is 11.1 Å². The summed E-state index contributed by atoms with van der Waals surface area (Å²) < 4.78 is 26.8. The van der Waals surface area contributed by atoms with E-state index in [0.29, 0.717) is 5.69 Å². The van der Waals surface area contributed by atoms with Crippen LogP contribution in [-0.2, 0) is 0 Å². The Labute approximate surface area is 116 Å². The third kappa shape index (κ3) is 3.08. The van der Waals surface area contributed by atoms with E-state index < -0.39 is 17.5 Å². The van der Waals surface area contributed by atoms with Gasteiger partial charge in [-0.15, -0.1) is 0 Å². The quantitative estimate of drug-likeness (QED) is 0.654. The summed E-state index contributed by atoms with van der Waals surface area (Å²) in [4.78, 5) is 11.8. The molecule has 0 radical (unpaired) electrons. The molecule has 3 nitrogen and oxygen atoms in total. The SMILES string of the molecule is Nc1cccc(C(=O)Nc2cc(F)c(Br)cc2F)c1. The average molecular weight is 327 g/mol. The van der Waals surface area contributed by atoms with Gasteiger partial charge in [0.25, 0.3) is 5.91 Å². The second-order valence-corrected chi connectivity index (χ2v) is 4.68. The first-order valence-electron chi connectivity index (χ1n) is 5.29. The van der Waals surface area contributed by atoms with Crippen molar-refractivity contribution in [2.24, 2.45) is 0 Å². The zero-order valence-electron chi connectivity index (χ0n) is 9.58. The lowest BCUT2D eigenvalue weighted by Gasteiger charge is -2.08. The predicted molar refractivity (Wildman–Crippen MR) is 72.9 cm³/mol. The maximum atomic E-state index is 13.5. The van der Waals surface area contributed by atoms with Gasteiger partial charge in [0, 0.05) is 17.3 Å². The first-order chi connectivity index (χ1) is 8.97. The molecule has 0 fully saturated rings. The summed E-state index contributed by atoms with van der Waals surface area (Å²) >= 11 is 2.86. The molecule has 2 aromatic rings. The van der Waals surface area contributed by atoms with Crippen LogP contribution in [0.2, 0.25) is 0 Å². The highest BCUT2D eigenvalue weighted by atomic mass is 79.9. The van der Waals surface area contributed by atoms with Crippen LogP contribution in [0.25, 0.3) is 0 Å². The van der Waals surface area contributed by atoms with Crippen molar-refractivity contribution in [1.82, 2.24) is 0 Å². The Morgan fingerprint density at radius 1 is 1.16 bits per heavy atom. The number of benzene rings is 2. The van der Waals surface area contributed by atoms with Crippen molar-refractivity contribution < 1.29 is 13.6 Å². The van der Waals surface area contributed by atoms with Crippen LogP contribution in [-0.4, -0.2) is 5.91 Å². The second kappa shape index (κ2) is 5.36. The number of amides is 1. The fraction of sp³-hybridized carbons (Fsp3) is 0. The molecular weight excluding hydrogens is 318 g/mol. The van der Waals surface area contributed by atoms with Gasteiger partial charge in [0.1, 0.15) is 11.6 Å². The van der Waals surface area contributed by atoms with E-state index in [1.54, 1.807) is 12.1 Å². The normalized spacial score (nSPS) is 10.3. The minimum absolute atomic E-state index is 0.00745. The topological polar surface area (TPSA) is 55.1 Å². The molecule has 0 aliphatic heterocycles. The Hall–Kier alpha value is -1.95. The van der Waals surface area contributed by atoms with Crippen LogP contribution in [0.1, 0.15) is 10.4 Å². The van der Waals surface area contributed by atoms with Crippen molar-refractivity contribution in [2.75, 3.05) is 11.1 Å². The van der Waals surface area contributed by atoms with E-state index in [1.807, 2.05) is 0 Å². The number of nitrogens with two attached hydrogens (primary N) is 1. The summed E-state index contributed by atoms with van der Waals surface area (Å²) in [5, 5.41) is 2.29. The van der Waals surface area contributed by atoms with Crippen LogP contribution in [0.15, 0.2) is 40.9 Å². The van der Waals surface area contributed by atoms with Crippen molar-refractivity contribution in [3.05, 3.63) is 58.1 Å². The summed E-state index contributed by atoms with van der Waals surface area (Å²) in [6, 6.07) is 8.05. The Bertz CT molecular complexity index is 647. The number of hydrogen-bond acceptors (Lipinski definition) is 2. The molecule has 3 N–H and O–H groups in total. The molecule has 0 saturated heterocycles. The molecule has 0 atom stereocenters. The van der Waals surface area contributed by atoms with Crippen LogP contribution in [0.4, 0.5) is 20.2 Å². The largest absolute Gasteiger partial charge is 0.399 e. The smallest absolute Gasteiger partial charge is 0.255 e. The van der Waals surface area contributed by atoms with Gasteiger partial charge in [-0.2, -0.15) is 0 Å². The highest BCUT2D eigenvalue weighted by molar-refractivity contribution is 9.10. The van der Waals surface area contributed by atoms with E-state index in [-0.39, 0.29) is 15.7 Å². The molecule has 0 unspecified atom stereocenters. The van der Waals surface area contributed by atoms with Gasteiger partial charge in [-0.3, -0.25) is 4.79 Å². The number of halogens is 3. The summed E-state index contributed by atoms with van der Waals surface area (Å²) in [6.45, 7) is 0. The number of carbonyl (C=O) groups excluding carboxylic acids is 1. The van der Waals surface area contributed by atoms with Gasteiger partial charge in [-0.1, -0.05) is 6.07 Å². The van der Waals surface area contributed by atoms with Crippen LogP contribution in [0.5, 0.6) is 0 Å². The lowest BCUT2D eigenvalue weighted by atomic mass is 10.2. The predicted octanol–water partition coefficient (Wildman–Crippen LogP) is 3.56. The molecule has 0 bridgehead atoms. The summed E-state index contributed by atoms with van der Waals surface area (Å²) in [6.07, 6.45) is 0. The molecule has 2 aromatic carbocycles. The van der Waals surface area contributed by atoms with Crippen molar-refractivity contribution in [3.63, 3.8) is 0 Å². The third-order valence-corrected chi connectivity index (χ3v) is 3.01.